The number of hydrogen-bond donors (Lipinski definition) is 2. The first-order valence-corrected chi connectivity index (χ1v) is 13.8. The van der Waals surface area contributed by atoms with Crippen molar-refractivity contribution in [2.75, 3.05) is 16.4 Å². The van der Waals surface area contributed by atoms with Crippen LogP contribution in [0.5, 0.6) is 0 Å². The lowest BCUT2D eigenvalue weighted by molar-refractivity contribution is -0.113. The molecule has 1 heterocycles. The minimum Gasteiger partial charge on any atom is -0.324 e. The number of halogens is 2. The van der Waals surface area contributed by atoms with Gasteiger partial charge in [-0.05, 0) is 59.5 Å². The molecule has 4 aromatic rings. The molecule has 0 bridgehead atoms. The number of benzene rings is 3. The van der Waals surface area contributed by atoms with Crippen molar-refractivity contribution in [2.45, 2.75) is 30.5 Å². The van der Waals surface area contributed by atoms with Crippen molar-refractivity contribution in [1.29, 1.82) is 0 Å². The van der Waals surface area contributed by atoms with Gasteiger partial charge in [0.1, 0.15) is 0 Å². The molecule has 0 fully saturated rings. The largest absolute Gasteiger partial charge is 0.324 e. The highest BCUT2D eigenvalue weighted by Crippen LogP contribution is 2.32. The third kappa shape index (κ3) is 6.64. The molecule has 0 saturated carbocycles. The highest BCUT2D eigenvalue weighted by molar-refractivity contribution is 9.10. The van der Waals surface area contributed by atoms with Crippen molar-refractivity contribution in [3.8, 4) is 0 Å². The van der Waals surface area contributed by atoms with Gasteiger partial charge in [-0.15, -0.1) is 11.3 Å². The van der Waals surface area contributed by atoms with Gasteiger partial charge in [0.2, 0.25) is 5.91 Å². The van der Waals surface area contributed by atoms with Gasteiger partial charge in [0.05, 0.1) is 26.7 Å². The van der Waals surface area contributed by atoms with Crippen LogP contribution in [0.15, 0.2) is 69.5 Å². The summed E-state index contributed by atoms with van der Waals surface area (Å²) in [4.78, 5) is 29.6. The quantitative estimate of drug-likeness (QED) is 0.224. The van der Waals surface area contributed by atoms with Gasteiger partial charge in [-0.25, -0.2) is 4.98 Å². The van der Waals surface area contributed by atoms with E-state index in [-0.39, 0.29) is 23.0 Å². The number of carbonyl (C=O) groups is 2. The minimum atomic E-state index is -0.163. The Labute approximate surface area is 225 Å². The number of nitrogens with one attached hydrogen (secondary N) is 2. The molecule has 4 rings (SSSR count). The third-order valence-corrected chi connectivity index (χ3v) is 8.14. The van der Waals surface area contributed by atoms with Crippen molar-refractivity contribution >= 4 is 84.0 Å². The third-order valence-electron chi connectivity index (χ3n) is 5.17. The van der Waals surface area contributed by atoms with Gasteiger partial charge in [0.25, 0.3) is 5.91 Å². The summed E-state index contributed by atoms with van der Waals surface area (Å²) in [6, 6.07) is 18.6. The maximum Gasteiger partial charge on any atom is 0.255 e. The van der Waals surface area contributed by atoms with Crippen molar-refractivity contribution in [1.82, 2.24) is 4.98 Å². The van der Waals surface area contributed by atoms with Crippen LogP contribution in [0.1, 0.15) is 36.7 Å². The Morgan fingerprint density at radius 1 is 1.03 bits per heavy atom. The predicted molar refractivity (Wildman–Crippen MR) is 151 cm³/mol. The molecule has 5 nitrogen and oxygen atoms in total. The summed E-state index contributed by atoms with van der Waals surface area (Å²) in [6.45, 7) is 6.43. The molecule has 0 aliphatic rings. The molecule has 0 spiro atoms. The SMILES string of the molecule is CC(C)(C)c1ccc(C(=O)Nc2ccc3nc(SCC(=O)Nc4ccc(Br)cc4Cl)sc3c2)cc1. The Hall–Kier alpha value is -2.39. The zero-order chi connectivity index (χ0) is 25.2. The average molecular weight is 589 g/mol. The second kappa shape index (κ2) is 10.7. The summed E-state index contributed by atoms with van der Waals surface area (Å²) in [6.07, 6.45) is 0. The van der Waals surface area contributed by atoms with Crippen LogP contribution in [0, 0.1) is 0 Å². The van der Waals surface area contributed by atoms with E-state index >= 15 is 0 Å². The molecular formula is C26H23BrClN3O2S2. The summed E-state index contributed by atoms with van der Waals surface area (Å²) in [5.41, 5.74) is 3.91. The first kappa shape index (κ1) is 25.7. The van der Waals surface area contributed by atoms with Crippen LogP contribution >= 0.6 is 50.6 Å². The summed E-state index contributed by atoms with van der Waals surface area (Å²) in [5.74, 6) is -0.114. The van der Waals surface area contributed by atoms with Gasteiger partial charge in [0, 0.05) is 15.7 Å². The number of thiazole rings is 1. The Kier molecular flexibility index (Phi) is 7.86. The van der Waals surface area contributed by atoms with Gasteiger partial charge in [0.15, 0.2) is 4.34 Å². The molecule has 0 saturated heterocycles. The standard InChI is InChI=1S/C26H23BrClN3O2S2/c1-26(2,3)16-6-4-15(5-7-16)24(33)29-18-9-11-21-22(13-18)35-25(31-21)34-14-23(32)30-20-10-8-17(27)12-19(20)28/h4-13H,14H2,1-3H3,(H,29,33)(H,30,32). The lowest BCUT2D eigenvalue weighted by Gasteiger charge is -2.19. The van der Waals surface area contributed by atoms with Crippen LogP contribution in [0.25, 0.3) is 10.2 Å². The Morgan fingerprint density at radius 2 is 1.77 bits per heavy atom. The lowest BCUT2D eigenvalue weighted by Crippen LogP contribution is -2.14. The first-order valence-electron chi connectivity index (χ1n) is 10.8. The molecule has 0 aliphatic carbocycles. The van der Waals surface area contributed by atoms with Crippen LogP contribution < -0.4 is 10.6 Å². The fraction of sp³-hybridized carbons (Fsp3) is 0.192. The summed E-state index contributed by atoms with van der Waals surface area (Å²) < 4.78 is 2.56. The Morgan fingerprint density at radius 3 is 2.46 bits per heavy atom. The zero-order valence-electron chi connectivity index (χ0n) is 19.3. The van der Waals surface area contributed by atoms with E-state index in [1.807, 2.05) is 48.5 Å². The zero-order valence-corrected chi connectivity index (χ0v) is 23.3. The van der Waals surface area contributed by atoms with E-state index < -0.39 is 0 Å². The topological polar surface area (TPSA) is 71.1 Å². The van der Waals surface area contributed by atoms with E-state index in [4.69, 9.17) is 11.6 Å². The van der Waals surface area contributed by atoms with Gasteiger partial charge < -0.3 is 10.6 Å². The highest BCUT2D eigenvalue weighted by atomic mass is 79.9. The average Bonchev–Trinajstić information content (AvgIpc) is 3.21. The van der Waals surface area contributed by atoms with E-state index in [2.05, 4.69) is 52.3 Å². The Balaban J connectivity index is 1.38. The molecule has 0 atom stereocenters. The predicted octanol–water partition coefficient (Wildman–Crippen LogP) is 7.99. The molecule has 35 heavy (non-hydrogen) atoms. The fourth-order valence-corrected chi connectivity index (χ4v) is 5.90. The van der Waals surface area contributed by atoms with Crippen LogP contribution in [0.3, 0.4) is 0 Å². The number of hydrogen-bond acceptors (Lipinski definition) is 5. The lowest BCUT2D eigenvalue weighted by atomic mass is 9.87. The number of aromatic nitrogens is 1. The first-order chi connectivity index (χ1) is 16.6. The van der Waals surface area contributed by atoms with E-state index in [1.54, 1.807) is 12.1 Å². The highest BCUT2D eigenvalue weighted by Gasteiger charge is 2.15. The normalized spacial score (nSPS) is 11.5. The maximum absolute atomic E-state index is 12.7. The smallest absolute Gasteiger partial charge is 0.255 e. The molecule has 0 aliphatic heterocycles. The second-order valence-electron chi connectivity index (χ2n) is 8.90. The molecular weight excluding hydrogens is 566 g/mol. The number of amides is 2. The molecule has 0 unspecified atom stereocenters. The molecule has 180 valence electrons. The van der Waals surface area contributed by atoms with Crippen molar-refractivity contribution in [2.24, 2.45) is 0 Å². The van der Waals surface area contributed by atoms with Gasteiger partial charge in [-0.1, -0.05) is 72.2 Å². The number of nitrogens with zero attached hydrogens (tertiary/aromatic N) is 1. The van der Waals surface area contributed by atoms with E-state index in [0.29, 0.717) is 22.0 Å². The van der Waals surface area contributed by atoms with Crippen LogP contribution in [-0.2, 0) is 10.2 Å². The molecule has 0 radical (unpaired) electrons. The van der Waals surface area contributed by atoms with Crippen molar-refractivity contribution < 1.29 is 9.59 Å². The van der Waals surface area contributed by atoms with Crippen molar-refractivity contribution in [3.05, 3.63) is 81.3 Å². The molecule has 2 N–H and O–H groups in total. The minimum absolute atomic E-state index is 0.0363. The molecule has 9 heteroatoms. The van der Waals surface area contributed by atoms with Gasteiger partial charge in [-0.3, -0.25) is 9.59 Å². The summed E-state index contributed by atoms with van der Waals surface area (Å²) >= 11 is 12.4. The number of rotatable bonds is 6. The molecule has 1 aromatic heterocycles. The monoisotopic (exact) mass is 587 g/mol. The van der Waals surface area contributed by atoms with Gasteiger partial charge >= 0.3 is 0 Å². The Bertz CT molecular complexity index is 1400. The van der Waals surface area contributed by atoms with Gasteiger partial charge in [-0.2, -0.15) is 0 Å². The van der Waals surface area contributed by atoms with E-state index in [0.717, 1.165) is 19.0 Å². The number of thioether (sulfide) groups is 1. The second-order valence-corrected chi connectivity index (χ2v) is 12.5. The number of carbonyl (C=O) groups excluding carboxylic acids is 2. The fourth-order valence-electron chi connectivity index (χ4n) is 3.27. The van der Waals surface area contributed by atoms with Crippen LogP contribution in [0.2, 0.25) is 5.02 Å². The molecule has 2 amide bonds. The van der Waals surface area contributed by atoms with Crippen molar-refractivity contribution in [3.63, 3.8) is 0 Å². The van der Waals surface area contributed by atoms with E-state index in [9.17, 15) is 9.59 Å². The summed E-state index contributed by atoms with van der Waals surface area (Å²) in [7, 11) is 0. The van der Waals surface area contributed by atoms with Crippen LogP contribution in [-0.4, -0.2) is 22.6 Å². The molecule has 3 aromatic carbocycles. The number of anilines is 2. The number of fused-ring (bicyclic) bond motifs is 1. The summed E-state index contributed by atoms with van der Waals surface area (Å²) in [5, 5.41) is 6.24. The maximum atomic E-state index is 12.7. The van der Waals surface area contributed by atoms with Crippen LogP contribution in [0.4, 0.5) is 11.4 Å². The van der Waals surface area contributed by atoms with E-state index in [1.165, 1.54) is 28.7 Å².